The van der Waals surface area contributed by atoms with Crippen LogP contribution >= 0.6 is 0 Å². The lowest BCUT2D eigenvalue weighted by Gasteiger charge is -2.32. The zero-order chi connectivity index (χ0) is 25.9. The largest absolute Gasteiger partial charge is 0.348 e. The number of anilines is 1. The van der Waals surface area contributed by atoms with Crippen LogP contribution in [0.3, 0.4) is 0 Å². The van der Waals surface area contributed by atoms with Crippen LogP contribution in [-0.2, 0) is 0 Å². The van der Waals surface area contributed by atoms with Gasteiger partial charge in [0.15, 0.2) is 5.71 Å². The Morgan fingerprint density at radius 3 is 1.74 bits per heavy atom. The Labute approximate surface area is 226 Å². The van der Waals surface area contributed by atoms with Gasteiger partial charge in [-0.05, 0) is 83.3 Å². The molecule has 0 saturated carbocycles. The highest BCUT2D eigenvalue weighted by molar-refractivity contribution is 5.93. The Bertz CT molecular complexity index is 1490. The third-order valence-corrected chi connectivity index (χ3v) is 8.22. The first kappa shape index (κ1) is 24.2. The van der Waals surface area contributed by atoms with Gasteiger partial charge in [-0.2, -0.15) is 4.58 Å². The zero-order valence-electron chi connectivity index (χ0n) is 22.3. The molecule has 4 aromatic carbocycles. The highest BCUT2D eigenvalue weighted by Gasteiger charge is 2.28. The SMILES string of the molecule is CN(C1=CC2=CC(=[N+](C)c3ccc(-c4ccccc4)cc3)CCC2CC1)c1ccc(-c2ccccc2)cc1. The summed E-state index contributed by atoms with van der Waals surface area (Å²) in [6.07, 6.45) is 9.62. The predicted molar refractivity (Wildman–Crippen MR) is 161 cm³/mol. The Morgan fingerprint density at radius 2 is 1.13 bits per heavy atom. The fourth-order valence-electron chi connectivity index (χ4n) is 5.81. The third-order valence-electron chi connectivity index (χ3n) is 8.22. The molecule has 1 atom stereocenters. The van der Waals surface area contributed by atoms with Crippen LogP contribution in [0.4, 0.5) is 11.4 Å². The van der Waals surface area contributed by atoms with Crippen molar-refractivity contribution in [2.24, 2.45) is 5.92 Å². The van der Waals surface area contributed by atoms with Gasteiger partial charge in [-0.3, -0.25) is 0 Å². The van der Waals surface area contributed by atoms with Gasteiger partial charge in [-0.15, -0.1) is 0 Å². The number of hydrogen-bond acceptors (Lipinski definition) is 1. The maximum absolute atomic E-state index is 2.45. The summed E-state index contributed by atoms with van der Waals surface area (Å²) < 4.78 is 2.37. The molecule has 0 amide bonds. The number of hydrogen-bond donors (Lipinski definition) is 0. The standard InChI is InChI=1S/C36H35N2/c1-37(33-19-13-29(14-20-33)27-9-5-3-6-10-27)35-23-17-31-18-24-36(26-32(31)25-35)38(2)34-21-15-30(16-22-34)28-11-7-4-8-12-28/h3-16,19-22,25-26,31H,17-18,23-24H2,1-2H3/q+1. The first-order chi connectivity index (χ1) is 18.7. The Balaban J connectivity index is 1.23. The molecule has 0 N–H and O–H groups in total. The number of allylic oxidation sites excluding steroid dienone is 4. The second-order valence-electron chi connectivity index (χ2n) is 10.5. The highest BCUT2D eigenvalue weighted by atomic mass is 15.1. The van der Waals surface area contributed by atoms with E-state index in [1.54, 1.807) is 0 Å². The van der Waals surface area contributed by atoms with Crippen molar-refractivity contribution >= 4 is 17.1 Å². The lowest BCUT2D eigenvalue weighted by Crippen LogP contribution is -2.25. The lowest BCUT2D eigenvalue weighted by atomic mass is 9.79. The van der Waals surface area contributed by atoms with Gasteiger partial charge in [0.05, 0.1) is 0 Å². The molecule has 0 fully saturated rings. The maximum Gasteiger partial charge on any atom is 0.205 e. The van der Waals surface area contributed by atoms with E-state index in [-0.39, 0.29) is 0 Å². The van der Waals surface area contributed by atoms with Crippen LogP contribution in [0.25, 0.3) is 22.3 Å². The molecule has 0 spiro atoms. The molecule has 2 heteroatoms. The molecule has 0 aromatic heterocycles. The molecule has 0 saturated heterocycles. The second-order valence-corrected chi connectivity index (χ2v) is 10.5. The van der Waals surface area contributed by atoms with Crippen molar-refractivity contribution in [3.05, 3.63) is 133 Å². The van der Waals surface area contributed by atoms with Crippen LogP contribution in [-0.4, -0.2) is 24.4 Å². The molecule has 2 nitrogen and oxygen atoms in total. The van der Waals surface area contributed by atoms with E-state index >= 15 is 0 Å². The second kappa shape index (κ2) is 10.7. The minimum Gasteiger partial charge on any atom is -0.348 e. The van der Waals surface area contributed by atoms with E-state index < -0.39 is 0 Å². The highest BCUT2D eigenvalue weighted by Crippen LogP contribution is 2.37. The minimum absolute atomic E-state index is 0.671. The monoisotopic (exact) mass is 495 g/mol. The smallest absolute Gasteiger partial charge is 0.205 e. The summed E-state index contributed by atoms with van der Waals surface area (Å²) in [4.78, 5) is 2.37. The van der Waals surface area contributed by atoms with Crippen molar-refractivity contribution in [1.82, 2.24) is 0 Å². The van der Waals surface area contributed by atoms with Crippen LogP contribution in [0.2, 0.25) is 0 Å². The molecule has 6 rings (SSSR count). The van der Waals surface area contributed by atoms with Gasteiger partial charge in [0, 0.05) is 43.1 Å². The Hall–Kier alpha value is -4.17. The summed E-state index contributed by atoms with van der Waals surface area (Å²) in [6.45, 7) is 0. The minimum atomic E-state index is 0.671. The average Bonchev–Trinajstić information content (AvgIpc) is 3.01. The topological polar surface area (TPSA) is 6.25 Å². The van der Waals surface area contributed by atoms with Crippen molar-refractivity contribution in [2.45, 2.75) is 25.7 Å². The van der Waals surface area contributed by atoms with E-state index in [9.17, 15) is 0 Å². The van der Waals surface area contributed by atoms with Crippen LogP contribution in [0.1, 0.15) is 25.7 Å². The van der Waals surface area contributed by atoms with Gasteiger partial charge >= 0.3 is 0 Å². The summed E-state index contributed by atoms with van der Waals surface area (Å²) in [5.41, 5.74) is 11.8. The van der Waals surface area contributed by atoms with Gasteiger partial charge in [0.2, 0.25) is 5.69 Å². The molecule has 0 bridgehead atoms. The van der Waals surface area contributed by atoms with Gasteiger partial charge in [0.25, 0.3) is 0 Å². The molecule has 2 aliphatic carbocycles. The van der Waals surface area contributed by atoms with E-state index in [1.807, 2.05) is 0 Å². The first-order valence-corrected chi connectivity index (χ1v) is 13.7. The van der Waals surface area contributed by atoms with E-state index in [0.717, 1.165) is 12.8 Å². The van der Waals surface area contributed by atoms with Gasteiger partial charge < -0.3 is 4.90 Å². The van der Waals surface area contributed by atoms with Crippen LogP contribution in [0.15, 0.2) is 133 Å². The molecule has 38 heavy (non-hydrogen) atoms. The van der Waals surface area contributed by atoms with Crippen LogP contribution < -0.4 is 4.90 Å². The molecule has 0 radical (unpaired) electrons. The fraction of sp³-hybridized carbons (Fsp3) is 0.194. The molecular weight excluding hydrogens is 460 g/mol. The normalized spacial score (nSPS) is 18.2. The van der Waals surface area contributed by atoms with E-state index in [4.69, 9.17) is 0 Å². The Kier molecular flexibility index (Phi) is 6.79. The third kappa shape index (κ3) is 4.99. The van der Waals surface area contributed by atoms with Crippen LogP contribution in [0.5, 0.6) is 0 Å². The van der Waals surface area contributed by atoms with Crippen LogP contribution in [0, 0.1) is 5.92 Å². The van der Waals surface area contributed by atoms with Crippen molar-refractivity contribution in [1.29, 1.82) is 0 Å². The molecule has 4 aromatic rings. The van der Waals surface area contributed by atoms with E-state index in [1.165, 1.54) is 63.5 Å². The van der Waals surface area contributed by atoms with E-state index in [2.05, 4.69) is 145 Å². The lowest BCUT2D eigenvalue weighted by molar-refractivity contribution is -0.405. The van der Waals surface area contributed by atoms with Crippen molar-refractivity contribution in [3.63, 3.8) is 0 Å². The summed E-state index contributed by atoms with van der Waals surface area (Å²) in [5.74, 6) is 0.671. The predicted octanol–water partition coefficient (Wildman–Crippen LogP) is 8.89. The zero-order valence-corrected chi connectivity index (χ0v) is 22.3. The van der Waals surface area contributed by atoms with Crippen molar-refractivity contribution in [2.75, 3.05) is 19.0 Å². The molecule has 0 aliphatic heterocycles. The number of rotatable bonds is 5. The summed E-state index contributed by atoms with van der Waals surface area (Å²) >= 11 is 0. The fourth-order valence-corrected chi connectivity index (χ4v) is 5.81. The number of benzene rings is 4. The van der Waals surface area contributed by atoms with Crippen molar-refractivity contribution in [3.8, 4) is 22.3 Å². The van der Waals surface area contributed by atoms with Gasteiger partial charge in [0.1, 0.15) is 7.05 Å². The van der Waals surface area contributed by atoms with Gasteiger partial charge in [-0.1, -0.05) is 72.8 Å². The Morgan fingerprint density at radius 1 is 0.605 bits per heavy atom. The molecule has 2 aliphatic rings. The molecule has 0 heterocycles. The maximum atomic E-state index is 2.45. The quantitative estimate of drug-likeness (QED) is 0.251. The summed E-state index contributed by atoms with van der Waals surface area (Å²) in [6, 6.07) is 39.1. The average molecular weight is 496 g/mol. The summed E-state index contributed by atoms with van der Waals surface area (Å²) in [7, 11) is 4.41. The van der Waals surface area contributed by atoms with Gasteiger partial charge in [-0.25, -0.2) is 0 Å². The number of fused-ring (bicyclic) bond motifs is 1. The molecule has 188 valence electrons. The molecular formula is C36H35N2+. The number of nitrogens with zero attached hydrogens (tertiary/aromatic N) is 2. The summed E-state index contributed by atoms with van der Waals surface area (Å²) in [5, 5.41) is 0. The first-order valence-electron chi connectivity index (χ1n) is 13.7. The molecule has 1 unspecified atom stereocenters. The van der Waals surface area contributed by atoms with Crippen molar-refractivity contribution < 1.29 is 4.58 Å². The van der Waals surface area contributed by atoms with E-state index in [0.29, 0.717) is 5.92 Å².